The van der Waals surface area contributed by atoms with Crippen molar-refractivity contribution in [3.63, 3.8) is 0 Å². The second kappa shape index (κ2) is 4.18. The van der Waals surface area contributed by atoms with Crippen molar-refractivity contribution in [3.8, 4) is 0 Å². The molecule has 0 spiro atoms. The molecular weight excluding hydrogens is 184 g/mol. The van der Waals surface area contributed by atoms with Crippen LogP contribution in [0.2, 0.25) is 0 Å². The Balaban J connectivity index is 2.40. The van der Waals surface area contributed by atoms with E-state index in [0.717, 1.165) is 25.5 Å². The van der Waals surface area contributed by atoms with Gasteiger partial charge in [-0.2, -0.15) is 0 Å². The van der Waals surface area contributed by atoms with Gasteiger partial charge in [0.2, 0.25) is 0 Å². The molecule has 0 N–H and O–H groups in total. The molecule has 0 heterocycles. The molecule has 0 bridgehead atoms. The van der Waals surface area contributed by atoms with Crippen LogP contribution in [0.5, 0.6) is 0 Å². The number of aldehydes is 1. The van der Waals surface area contributed by atoms with Crippen molar-refractivity contribution in [3.05, 3.63) is 34.9 Å². The van der Waals surface area contributed by atoms with Gasteiger partial charge in [0.25, 0.3) is 0 Å². The van der Waals surface area contributed by atoms with Gasteiger partial charge in [-0.1, -0.05) is 32.0 Å². The molecule has 80 valence electrons. The SMILES string of the molecule is CC(C)c1ccc2c(c1)CCCC2C=O. The molecule has 0 saturated heterocycles. The van der Waals surface area contributed by atoms with E-state index in [1.54, 1.807) is 0 Å². The fraction of sp³-hybridized carbons (Fsp3) is 0.500. The van der Waals surface area contributed by atoms with Crippen LogP contribution >= 0.6 is 0 Å². The number of fused-ring (bicyclic) bond motifs is 1. The molecule has 1 nitrogen and oxygen atoms in total. The van der Waals surface area contributed by atoms with Crippen molar-refractivity contribution in [2.24, 2.45) is 0 Å². The summed E-state index contributed by atoms with van der Waals surface area (Å²) >= 11 is 0. The first-order valence-electron chi connectivity index (χ1n) is 5.80. The molecule has 1 aliphatic carbocycles. The van der Waals surface area contributed by atoms with Crippen molar-refractivity contribution in [1.29, 1.82) is 0 Å². The Bertz CT molecular complexity index is 366. The van der Waals surface area contributed by atoms with Crippen molar-refractivity contribution in [1.82, 2.24) is 0 Å². The monoisotopic (exact) mass is 202 g/mol. The quantitative estimate of drug-likeness (QED) is 0.671. The summed E-state index contributed by atoms with van der Waals surface area (Å²) in [6.45, 7) is 4.42. The molecule has 0 aromatic heterocycles. The Morgan fingerprint density at radius 1 is 1.40 bits per heavy atom. The zero-order valence-electron chi connectivity index (χ0n) is 9.49. The Kier molecular flexibility index (Phi) is 2.90. The first kappa shape index (κ1) is 10.4. The molecule has 1 aliphatic rings. The Morgan fingerprint density at radius 2 is 2.20 bits per heavy atom. The number of benzene rings is 1. The molecule has 1 heteroatoms. The third-order valence-electron chi connectivity index (χ3n) is 3.36. The molecule has 0 aliphatic heterocycles. The van der Waals surface area contributed by atoms with E-state index in [1.165, 1.54) is 16.7 Å². The lowest BCUT2D eigenvalue weighted by Crippen LogP contribution is -2.11. The van der Waals surface area contributed by atoms with Crippen molar-refractivity contribution in [2.75, 3.05) is 0 Å². The highest BCUT2D eigenvalue weighted by atomic mass is 16.1. The number of carbonyl (C=O) groups excluding carboxylic acids is 1. The van der Waals surface area contributed by atoms with E-state index < -0.39 is 0 Å². The van der Waals surface area contributed by atoms with Gasteiger partial charge >= 0.3 is 0 Å². The number of carbonyl (C=O) groups is 1. The minimum Gasteiger partial charge on any atom is -0.303 e. The lowest BCUT2D eigenvalue weighted by Gasteiger charge is -2.22. The maximum Gasteiger partial charge on any atom is 0.127 e. The van der Waals surface area contributed by atoms with E-state index in [0.29, 0.717) is 5.92 Å². The highest BCUT2D eigenvalue weighted by Crippen LogP contribution is 2.32. The van der Waals surface area contributed by atoms with E-state index in [4.69, 9.17) is 0 Å². The van der Waals surface area contributed by atoms with E-state index >= 15 is 0 Å². The minimum absolute atomic E-state index is 0.148. The second-order valence-electron chi connectivity index (χ2n) is 4.75. The van der Waals surface area contributed by atoms with E-state index in [9.17, 15) is 4.79 Å². The lowest BCUT2D eigenvalue weighted by molar-refractivity contribution is -0.109. The average molecular weight is 202 g/mol. The zero-order valence-corrected chi connectivity index (χ0v) is 9.49. The van der Waals surface area contributed by atoms with Gasteiger partial charge in [0.15, 0.2) is 0 Å². The van der Waals surface area contributed by atoms with Crippen LogP contribution in [0.25, 0.3) is 0 Å². The van der Waals surface area contributed by atoms with Gasteiger partial charge in [-0.3, -0.25) is 0 Å². The fourth-order valence-electron chi connectivity index (χ4n) is 2.37. The molecule has 2 rings (SSSR count). The molecule has 0 saturated carbocycles. The largest absolute Gasteiger partial charge is 0.303 e. The zero-order chi connectivity index (χ0) is 10.8. The summed E-state index contributed by atoms with van der Waals surface area (Å²) < 4.78 is 0. The summed E-state index contributed by atoms with van der Waals surface area (Å²) in [5.41, 5.74) is 4.05. The summed E-state index contributed by atoms with van der Waals surface area (Å²) in [5, 5.41) is 0. The highest BCUT2D eigenvalue weighted by molar-refractivity contribution is 5.64. The third-order valence-corrected chi connectivity index (χ3v) is 3.36. The topological polar surface area (TPSA) is 17.1 Å². The average Bonchev–Trinajstić information content (AvgIpc) is 2.27. The van der Waals surface area contributed by atoms with Crippen LogP contribution in [-0.4, -0.2) is 6.29 Å². The van der Waals surface area contributed by atoms with Gasteiger partial charge in [0, 0.05) is 5.92 Å². The molecule has 0 amide bonds. The third kappa shape index (κ3) is 1.97. The van der Waals surface area contributed by atoms with Crippen molar-refractivity contribution >= 4 is 6.29 Å². The minimum atomic E-state index is 0.148. The molecule has 1 atom stereocenters. The molecule has 0 radical (unpaired) electrons. The fourth-order valence-corrected chi connectivity index (χ4v) is 2.37. The maximum atomic E-state index is 10.9. The first-order chi connectivity index (χ1) is 7.22. The van der Waals surface area contributed by atoms with Gasteiger partial charge in [-0.25, -0.2) is 0 Å². The summed E-state index contributed by atoms with van der Waals surface area (Å²) in [5.74, 6) is 0.724. The molecular formula is C14H18O. The van der Waals surface area contributed by atoms with E-state index in [1.807, 2.05) is 0 Å². The number of hydrogen-bond donors (Lipinski definition) is 0. The summed E-state index contributed by atoms with van der Waals surface area (Å²) in [7, 11) is 0. The van der Waals surface area contributed by atoms with E-state index in [-0.39, 0.29) is 5.92 Å². The van der Waals surface area contributed by atoms with Crippen LogP contribution in [0.4, 0.5) is 0 Å². The van der Waals surface area contributed by atoms with Crippen LogP contribution in [0.1, 0.15) is 55.2 Å². The summed E-state index contributed by atoms with van der Waals surface area (Å²) in [6, 6.07) is 6.61. The Hall–Kier alpha value is -1.11. The maximum absolute atomic E-state index is 10.9. The first-order valence-corrected chi connectivity index (χ1v) is 5.80. The van der Waals surface area contributed by atoms with Crippen LogP contribution < -0.4 is 0 Å². The van der Waals surface area contributed by atoms with Gasteiger partial charge in [-0.05, 0) is 41.9 Å². The standard InChI is InChI=1S/C14H18O/c1-10(2)11-6-7-14-12(8-11)4-3-5-13(14)9-15/h6-10,13H,3-5H2,1-2H3. The Labute approximate surface area is 91.5 Å². The van der Waals surface area contributed by atoms with Crippen molar-refractivity contribution in [2.45, 2.75) is 44.9 Å². The predicted molar refractivity (Wildman–Crippen MR) is 62.3 cm³/mol. The summed E-state index contributed by atoms with van der Waals surface area (Å²) in [6.07, 6.45) is 4.42. The van der Waals surface area contributed by atoms with Crippen LogP contribution in [0.3, 0.4) is 0 Å². The van der Waals surface area contributed by atoms with Gasteiger partial charge in [0.05, 0.1) is 0 Å². The lowest BCUT2D eigenvalue weighted by atomic mass is 9.82. The molecule has 1 unspecified atom stereocenters. The van der Waals surface area contributed by atoms with Gasteiger partial charge in [-0.15, -0.1) is 0 Å². The van der Waals surface area contributed by atoms with E-state index in [2.05, 4.69) is 32.0 Å². The van der Waals surface area contributed by atoms with Gasteiger partial charge < -0.3 is 4.79 Å². The smallest absolute Gasteiger partial charge is 0.127 e. The van der Waals surface area contributed by atoms with Crippen LogP contribution in [0.15, 0.2) is 18.2 Å². The molecule has 1 aromatic rings. The molecule has 1 aromatic carbocycles. The second-order valence-corrected chi connectivity index (χ2v) is 4.75. The van der Waals surface area contributed by atoms with Crippen LogP contribution in [-0.2, 0) is 11.2 Å². The molecule has 15 heavy (non-hydrogen) atoms. The number of aryl methyl sites for hydroxylation is 1. The summed E-state index contributed by atoms with van der Waals surface area (Å²) in [4.78, 5) is 10.9. The van der Waals surface area contributed by atoms with Crippen molar-refractivity contribution < 1.29 is 4.79 Å². The van der Waals surface area contributed by atoms with Crippen LogP contribution in [0, 0.1) is 0 Å². The number of rotatable bonds is 2. The Morgan fingerprint density at radius 3 is 2.87 bits per heavy atom. The van der Waals surface area contributed by atoms with Gasteiger partial charge in [0.1, 0.15) is 6.29 Å². The number of hydrogen-bond acceptors (Lipinski definition) is 1. The predicted octanol–water partition coefficient (Wildman–Crippen LogP) is 3.43. The molecule has 0 fully saturated rings. The highest BCUT2D eigenvalue weighted by Gasteiger charge is 2.19. The normalized spacial score (nSPS) is 20.1.